The summed E-state index contributed by atoms with van der Waals surface area (Å²) < 4.78 is 5.77. The molecule has 0 radical (unpaired) electrons. The molecular weight excluding hydrogens is 380 g/mol. The van der Waals surface area contributed by atoms with Gasteiger partial charge >= 0.3 is 0 Å². The molecule has 156 valence electrons. The Bertz CT molecular complexity index is 1090. The van der Waals surface area contributed by atoms with Crippen molar-refractivity contribution in [3.8, 4) is 0 Å². The van der Waals surface area contributed by atoms with Gasteiger partial charge in [-0.2, -0.15) is 0 Å². The van der Waals surface area contributed by atoms with Crippen molar-refractivity contribution in [3.63, 3.8) is 0 Å². The van der Waals surface area contributed by atoms with Gasteiger partial charge in [0.2, 0.25) is 5.91 Å². The standard InChI is InChI=1S/C23H26N4O3/c1-15-20(19-5-3-4-6-21(19)30-15)13-27(2)22(29)10-7-16-11-17(23(25)26-12-16)8-9-18(24)14-28/h3-7,10-12,14,18H,8-9,13,24H2,1-2H3,(H2,25,26)/b10-7+. The van der Waals surface area contributed by atoms with E-state index in [1.165, 1.54) is 6.08 Å². The summed E-state index contributed by atoms with van der Waals surface area (Å²) in [5.41, 5.74) is 14.9. The highest BCUT2D eigenvalue weighted by molar-refractivity contribution is 5.92. The number of carbonyl (C=O) groups excluding carboxylic acids is 2. The molecule has 1 aromatic carbocycles. The number of hydrogen-bond donors (Lipinski definition) is 2. The zero-order valence-electron chi connectivity index (χ0n) is 17.2. The SMILES string of the molecule is Cc1oc2ccccc2c1CN(C)C(=O)/C=C/c1cnc(N)c(CCC(N)C=O)c1. The Morgan fingerprint density at radius 1 is 1.33 bits per heavy atom. The van der Waals surface area contributed by atoms with Crippen molar-refractivity contribution in [3.05, 3.63) is 65.1 Å². The zero-order chi connectivity index (χ0) is 21.7. The number of aromatic nitrogens is 1. The van der Waals surface area contributed by atoms with Crippen molar-refractivity contribution in [2.45, 2.75) is 32.4 Å². The molecule has 0 aliphatic carbocycles. The molecule has 0 saturated carbocycles. The second-order valence-electron chi connectivity index (χ2n) is 7.31. The normalized spacial score (nSPS) is 12.4. The molecule has 4 N–H and O–H groups in total. The van der Waals surface area contributed by atoms with E-state index < -0.39 is 6.04 Å². The van der Waals surface area contributed by atoms with E-state index in [0.717, 1.165) is 33.4 Å². The maximum absolute atomic E-state index is 12.6. The summed E-state index contributed by atoms with van der Waals surface area (Å²) in [7, 11) is 1.75. The summed E-state index contributed by atoms with van der Waals surface area (Å²) in [6, 6.07) is 9.12. The number of hydrogen-bond acceptors (Lipinski definition) is 6. The first-order valence-electron chi connectivity index (χ1n) is 9.74. The number of fused-ring (bicyclic) bond motifs is 1. The lowest BCUT2D eigenvalue weighted by Gasteiger charge is -2.15. The summed E-state index contributed by atoms with van der Waals surface area (Å²) in [5, 5.41) is 1.01. The molecule has 1 atom stereocenters. The Balaban J connectivity index is 1.69. The lowest BCUT2D eigenvalue weighted by atomic mass is 10.1. The van der Waals surface area contributed by atoms with Gasteiger partial charge in [0.05, 0.1) is 6.04 Å². The number of para-hydroxylation sites is 1. The molecule has 1 unspecified atom stereocenters. The van der Waals surface area contributed by atoms with E-state index >= 15 is 0 Å². The van der Waals surface area contributed by atoms with E-state index in [2.05, 4.69) is 4.98 Å². The number of anilines is 1. The summed E-state index contributed by atoms with van der Waals surface area (Å²) in [6.45, 7) is 2.35. The predicted molar refractivity (Wildman–Crippen MR) is 117 cm³/mol. The monoisotopic (exact) mass is 406 g/mol. The fourth-order valence-corrected chi connectivity index (χ4v) is 3.25. The van der Waals surface area contributed by atoms with Crippen LogP contribution in [0.1, 0.15) is 28.9 Å². The summed E-state index contributed by atoms with van der Waals surface area (Å²) in [5.74, 6) is 1.07. The number of carbonyl (C=O) groups is 2. The first kappa shape index (κ1) is 21.3. The molecule has 7 nitrogen and oxygen atoms in total. The van der Waals surface area contributed by atoms with Crippen molar-refractivity contribution >= 4 is 35.1 Å². The van der Waals surface area contributed by atoms with Crippen LogP contribution in [-0.4, -0.2) is 35.2 Å². The number of amides is 1. The van der Waals surface area contributed by atoms with Crippen LogP contribution in [0.5, 0.6) is 0 Å². The van der Waals surface area contributed by atoms with Crippen LogP contribution in [0, 0.1) is 6.92 Å². The Morgan fingerprint density at radius 2 is 2.10 bits per heavy atom. The first-order chi connectivity index (χ1) is 14.4. The van der Waals surface area contributed by atoms with Crippen molar-refractivity contribution < 1.29 is 14.0 Å². The number of furan rings is 1. The number of nitrogens with zero attached hydrogens (tertiary/aromatic N) is 2. The van der Waals surface area contributed by atoms with Gasteiger partial charge in [-0.3, -0.25) is 4.79 Å². The molecule has 0 spiro atoms. The number of rotatable bonds is 8. The topological polar surface area (TPSA) is 115 Å². The number of likely N-dealkylation sites (N-methyl/N-ethyl adjacent to an activating group) is 1. The van der Waals surface area contributed by atoms with Gasteiger partial charge in [0.1, 0.15) is 23.4 Å². The fourth-order valence-electron chi connectivity index (χ4n) is 3.25. The van der Waals surface area contributed by atoms with Gasteiger partial charge in [-0.15, -0.1) is 0 Å². The summed E-state index contributed by atoms with van der Waals surface area (Å²) in [4.78, 5) is 29.1. The molecule has 0 fully saturated rings. The van der Waals surface area contributed by atoms with Crippen LogP contribution < -0.4 is 11.5 Å². The molecule has 0 aliphatic rings. The molecule has 2 heterocycles. The van der Waals surface area contributed by atoms with Gasteiger partial charge in [0.25, 0.3) is 0 Å². The third-order valence-electron chi connectivity index (χ3n) is 5.03. The zero-order valence-corrected chi connectivity index (χ0v) is 17.2. The molecule has 3 rings (SSSR count). The first-order valence-corrected chi connectivity index (χ1v) is 9.74. The minimum Gasteiger partial charge on any atom is -0.461 e. The van der Waals surface area contributed by atoms with E-state index in [1.54, 1.807) is 24.2 Å². The van der Waals surface area contributed by atoms with Gasteiger partial charge < -0.3 is 25.6 Å². The van der Waals surface area contributed by atoms with Crippen LogP contribution in [0.4, 0.5) is 5.82 Å². The highest BCUT2D eigenvalue weighted by Crippen LogP contribution is 2.26. The summed E-state index contributed by atoms with van der Waals surface area (Å²) in [6.07, 6.45) is 6.56. The molecular formula is C23H26N4O3. The average molecular weight is 406 g/mol. The minimum absolute atomic E-state index is 0.138. The Labute approximate surface area is 175 Å². The minimum atomic E-state index is -0.527. The van der Waals surface area contributed by atoms with Crippen LogP contribution in [0.25, 0.3) is 17.0 Å². The number of benzene rings is 1. The third-order valence-corrected chi connectivity index (χ3v) is 5.03. The number of nitrogen functional groups attached to an aromatic ring is 1. The largest absolute Gasteiger partial charge is 0.461 e. The van der Waals surface area contributed by atoms with Gasteiger partial charge in [-0.05, 0) is 49.1 Å². The van der Waals surface area contributed by atoms with E-state index in [1.807, 2.05) is 37.3 Å². The second-order valence-corrected chi connectivity index (χ2v) is 7.31. The number of pyridine rings is 1. The van der Waals surface area contributed by atoms with Crippen LogP contribution in [-0.2, 0) is 22.6 Å². The highest BCUT2D eigenvalue weighted by Gasteiger charge is 2.14. The molecule has 0 saturated heterocycles. The molecule has 0 aliphatic heterocycles. The van der Waals surface area contributed by atoms with Gasteiger partial charge in [-0.1, -0.05) is 18.2 Å². The number of aldehydes is 1. The van der Waals surface area contributed by atoms with Crippen LogP contribution in [0.2, 0.25) is 0 Å². The lowest BCUT2D eigenvalue weighted by Crippen LogP contribution is -2.24. The molecule has 7 heteroatoms. The quantitative estimate of drug-likeness (QED) is 0.439. The van der Waals surface area contributed by atoms with Crippen LogP contribution in [0.15, 0.2) is 47.0 Å². The maximum atomic E-state index is 12.6. The van der Waals surface area contributed by atoms with Crippen molar-refractivity contribution in [2.24, 2.45) is 5.73 Å². The van der Waals surface area contributed by atoms with Gasteiger partial charge in [-0.25, -0.2) is 4.98 Å². The second kappa shape index (κ2) is 9.37. The summed E-state index contributed by atoms with van der Waals surface area (Å²) >= 11 is 0. The van der Waals surface area contributed by atoms with E-state index in [9.17, 15) is 9.59 Å². The molecule has 30 heavy (non-hydrogen) atoms. The average Bonchev–Trinajstić information content (AvgIpc) is 3.06. The Hall–Kier alpha value is -3.45. The van der Waals surface area contributed by atoms with E-state index in [0.29, 0.717) is 31.5 Å². The van der Waals surface area contributed by atoms with Gasteiger partial charge in [0.15, 0.2) is 0 Å². The maximum Gasteiger partial charge on any atom is 0.246 e. The molecule has 2 aromatic heterocycles. The Kier molecular flexibility index (Phi) is 6.64. The highest BCUT2D eigenvalue weighted by atomic mass is 16.3. The fraction of sp³-hybridized carbons (Fsp3) is 0.261. The Morgan fingerprint density at radius 3 is 2.87 bits per heavy atom. The molecule has 0 bridgehead atoms. The molecule has 1 amide bonds. The van der Waals surface area contributed by atoms with Crippen molar-refractivity contribution in [1.29, 1.82) is 0 Å². The van der Waals surface area contributed by atoms with Crippen molar-refractivity contribution in [1.82, 2.24) is 9.88 Å². The van der Waals surface area contributed by atoms with E-state index in [4.69, 9.17) is 15.9 Å². The van der Waals surface area contributed by atoms with Crippen LogP contribution in [0.3, 0.4) is 0 Å². The van der Waals surface area contributed by atoms with Gasteiger partial charge in [0, 0.05) is 36.8 Å². The van der Waals surface area contributed by atoms with E-state index in [-0.39, 0.29) is 5.91 Å². The smallest absolute Gasteiger partial charge is 0.246 e. The molecule has 3 aromatic rings. The lowest BCUT2D eigenvalue weighted by molar-refractivity contribution is -0.125. The van der Waals surface area contributed by atoms with Crippen LogP contribution >= 0.6 is 0 Å². The number of aryl methyl sites for hydroxylation is 2. The predicted octanol–water partition coefficient (Wildman–Crippen LogP) is 2.85. The third kappa shape index (κ3) is 4.93. The van der Waals surface area contributed by atoms with Crippen molar-refractivity contribution in [2.75, 3.05) is 12.8 Å². The number of nitrogens with two attached hydrogens (primary N) is 2.